The van der Waals surface area contributed by atoms with Crippen LogP contribution in [0.1, 0.15) is 0 Å². The molecule has 1 aromatic rings. The molecule has 0 aliphatic heterocycles. The van der Waals surface area contributed by atoms with Crippen LogP contribution in [0.15, 0.2) is 18.2 Å². The van der Waals surface area contributed by atoms with E-state index in [2.05, 4.69) is 5.32 Å². The molecule has 19 heavy (non-hydrogen) atoms. The highest BCUT2D eigenvalue weighted by molar-refractivity contribution is 8.00. The number of carboxylic acids is 1. The first-order valence-electron chi connectivity index (χ1n) is 5.36. The zero-order valence-corrected chi connectivity index (χ0v) is 11.4. The molecule has 104 valence electrons. The third-order valence-corrected chi connectivity index (χ3v) is 3.04. The Kier molecular flexibility index (Phi) is 6.01. The summed E-state index contributed by atoms with van der Waals surface area (Å²) in [6, 6.07) is 5.00. The number of ether oxygens (including phenoxy) is 2. The molecule has 0 aliphatic carbocycles. The Labute approximate surface area is 115 Å². The van der Waals surface area contributed by atoms with Crippen LogP contribution in [0.4, 0.5) is 5.69 Å². The van der Waals surface area contributed by atoms with Gasteiger partial charge in [0.25, 0.3) is 0 Å². The quantitative estimate of drug-likeness (QED) is 0.765. The van der Waals surface area contributed by atoms with Gasteiger partial charge in [-0.2, -0.15) is 0 Å². The normalized spacial score (nSPS) is 9.79. The fourth-order valence-electron chi connectivity index (χ4n) is 1.33. The Hall–Kier alpha value is -1.89. The van der Waals surface area contributed by atoms with Crippen molar-refractivity contribution in [3.05, 3.63) is 18.2 Å². The van der Waals surface area contributed by atoms with Crippen LogP contribution in [-0.4, -0.2) is 37.6 Å². The number of carboxylic acid groups (broad SMARTS) is 1. The van der Waals surface area contributed by atoms with Crippen molar-refractivity contribution in [1.82, 2.24) is 0 Å². The van der Waals surface area contributed by atoms with Crippen molar-refractivity contribution >= 4 is 29.3 Å². The van der Waals surface area contributed by atoms with Crippen LogP contribution in [0.25, 0.3) is 0 Å². The molecule has 0 radical (unpaired) electrons. The molecule has 0 atom stereocenters. The van der Waals surface area contributed by atoms with E-state index in [-0.39, 0.29) is 17.4 Å². The van der Waals surface area contributed by atoms with Crippen LogP contribution in [0.3, 0.4) is 0 Å². The first kappa shape index (κ1) is 15.2. The smallest absolute Gasteiger partial charge is 0.234 e. The van der Waals surface area contributed by atoms with E-state index in [1.807, 2.05) is 0 Å². The number of rotatable bonds is 7. The minimum Gasteiger partial charge on any atom is -0.549 e. The van der Waals surface area contributed by atoms with E-state index in [0.717, 1.165) is 11.8 Å². The maximum Gasteiger partial charge on any atom is 0.234 e. The second kappa shape index (κ2) is 7.52. The van der Waals surface area contributed by atoms with Crippen molar-refractivity contribution in [2.24, 2.45) is 0 Å². The van der Waals surface area contributed by atoms with Gasteiger partial charge in [0.05, 0.1) is 31.6 Å². The molecule has 1 rings (SSSR count). The lowest BCUT2D eigenvalue weighted by molar-refractivity contribution is -0.301. The Bertz CT molecular complexity index is 463. The number of hydrogen-bond donors (Lipinski definition) is 1. The lowest BCUT2D eigenvalue weighted by Gasteiger charge is -2.11. The van der Waals surface area contributed by atoms with Gasteiger partial charge in [-0.1, -0.05) is 0 Å². The molecule has 0 unspecified atom stereocenters. The number of carbonyl (C=O) groups is 2. The second-order valence-electron chi connectivity index (χ2n) is 3.48. The molecule has 0 aliphatic rings. The van der Waals surface area contributed by atoms with Gasteiger partial charge < -0.3 is 24.7 Å². The van der Waals surface area contributed by atoms with Gasteiger partial charge in [0, 0.05) is 11.8 Å². The summed E-state index contributed by atoms with van der Waals surface area (Å²) in [5, 5.41) is 12.9. The molecule has 7 heteroatoms. The average molecular weight is 284 g/mol. The topological polar surface area (TPSA) is 87.7 Å². The van der Waals surface area contributed by atoms with E-state index in [9.17, 15) is 14.7 Å². The molecule has 0 heterocycles. The summed E-state index contributed by atoms with van der Waals surface area (Å²) in [7, 11) is 3.01. The molecule has 1 amide bonds. The third kappa shape index (κ3) is 5.09. The molecule has 0 aromatic heterocycles. The number of amides is 1. The number of carbonyl (C=O) groups excluding carboxylic acids is 2. The fourth-order valence-corrected chi connectivity index (χ4v) is 1.85. The second-order valence-corrected chi connectivity index (χ2v) is 4.46. The van der Waals surface area contributed by atoms with Crippen LogP contribution < -0.4 is 19.9 Å². The van der Waals surface area contributed by atoms with Gasteiger partial charge in [-0.25, -0.2) is 0 Å². The van der Waals surface area contributed by atoms with Crippen molar-refractivity contribution in [3.63, 3.8) is 0 Å². The SMILES string of the molecule is COc1ccc(OC)c(NC(=O)CSCC(=O)[O-])c1. The van der Waals surface area contributed by atoms with Crippen LogP contribution in [0.5, 0.6) is 11.5 Å². The van der Waals surface area contributed by atoms with Gasteiger partial charge in [0.15, 0.2) is 0 Å². The van der Waals surface area contributed by atoms with Crippen molar-refractivity contribution in [1.29, 1.82) is 0 Å². The monoisotopic (exact) mass is 284 g/mol. The van der Waals surface area contributed by atoms with E-state index in [1.54, 1.807) is 18.2 Å². The summed E-state index contributed by atoms with van der Waals surface area (Å²) in [5.41, 5.74) is 0.473. The van der Waals surface area contributed by atoms with E-state index < -0.39 is 5.97 Å². The molecule has 1 N–H and O–H groups in total. The van der Waals surface area contributed by atoms with Crippen LogP contribution in [0, 0.1) is 0 Å². The van der Waals surface area contributed by atoms with E-state index in [1.165, 1.54) is 14.2 Å². The molecule has 0 spiro atoms. The maximum atomic E-state index is 11.6. The number of thioether (sulfide) groups is 1. The highest BCUT2D eigenvalue weighted by Crippen LogP contribution is 2.28. The Morgan fingerprint density at radius 1 is 1.26 bits per heavy atom. The van der Waals surface area contributed by atoms with Crippen molar-refractivity contribution in [2.75, 3.05) is 31.0 Å². The van der Waals surface area contributed by atoms with Gasteiger partial charge in [-0.3, -0.25) is 4.79 Å². The predicted octanol–water partition coefficient (Wildman–Crippen LogP) is 0.125. The number of aliphatic carboxylic acids is 1. The average Bonchev–Trinajstić information content (AvgIpc) is 2.38. The molecule has 0 saturated heterocycles. The minimum absolute atomic E-state index is 0.0222. The number of methoxy groups -OCH3 is 2. The zero-order valence-electron chi connectivity index (χ0n) is 10.6. The van der Waals surface area contributed by atoms with Gasteiger partial charge in [-0.05, 0) is 12.1 Å². The minimum atomic E-state index is -1.20. The van der Waals surface area contributed by atoms with E-state index >= 15 is 0 Å². The van der Waals surface area contributed by atoms with Crippen LogP contribution in [-0.2, 0) is 9.59 Å². The lowest BCUT2D eigenvalue weighted by Crippen LogP contribution is -2.25. The number of anilines is 1. The van der Waals surface area contributed by atoms with Crippen molar-refractivity contribution in [2.45, 2.75) is 0 Å². The molecule has 0 saturated carbocycles. The van der Waals surface area contributed by atoms with Crippen molar-refractivity contribution < 1.29 is 24.2 Å². The first-order chi connectivity index (χ1) is 9.06. The molecule has 1 aromatic carbocycles. The van der Waals surface area contributed by atoms with Crippen molar-refractivity contribution in [3.8, 4) is 11.5 Å². The Morgan fingerprint density at radius 2 is 2.00 bits per heavy atom. The van der Waals surface area contributed by atoms with Gasteiger partial charge in [-0.15, -0.1) is 11.8 Å². The van der Waals surface area contributed by atoms with E-state index in [0.29, 0.717) is 17.2 Å². The summed E-state index contributed by atoms with van der Waals surface area (Å²) in [5.74, 6) is -0.635. The Balaban J connectivity index is 2.64. The number of benzene rings is 1. The largest absolute Gasteiger partial charge is 0.549 e. The number of nitrogens with one attached hydrogen (secondary N) is 1. The summed E-state index contributed by atoms with van der Waals surface area (Å²) in [6.07, 6.45) is 0. The standard InChI is InChI=1S/C12H15NO5S/c1-17-8-3-4-10(18-2)9(5-8)13-11(14)6-19-7-12(15)16/h3-5H,6-7H2,1-2H3,(H,13,14)(H,15,16)/p-1. The summed E-state index contributed by atoms with van der Waals surface area (Å²) < 4.78 is 10.2. The molecule has 0 bridgehead atoms. The molecular formula is C12H14NO5S-. The lowest BCUT2D eigenvalue weighted by atomic mass is 10.2. The predicted molar refractivity (Wildman–Crippen MR) is 70.5 cm³/mol. The van der Waals surface area contributed by atoms with Gasteiger partial charge in [0.1, 0.15) is 11.5 Å². The first-order valence-corrected chi connectivity index (χ1v) is 6.51. The summed E-state index contributed by atoms with van der Waals surface area (Å²) >= 11 is 0.966. The summed E-state index contributed by atoms with van der Waals surface area (Å²) in [4.78, 5) is 21.8. The maximum absolute atomic E-state index is 11.6. The third-order valence-electron chi connectivity index (χ3n) is 2.13. The molecular weight excluding hydrogens is 270 g/mol. The highest BCUT2D eigenvalue weighted by atomic mass is 32.2. The molecule has 6 nitrogen and oxygen atoms in total. The van der Waals surface area contributed by atoms with Crippen LogP contribution in [0.2, 0.25) is 0 Å². The molecule has 0 fully saturated rings. The highest BCUT2D eigenvalue weighted by Gasteiger charge is 2.09. The van der Waals surface area contributed by atoms with Gasteiger partial charge in [0.2, 0.25) is 5.91 Å². The number of hydrogen-bond acceptors (Lipinski definition) is 6. The van der Waals surface area contributed by atoms with Crippen LogP contribution >= 0.6 is 11.8 Å². The Morgan fingerprint density at radius 3 is 2.58 bits per heavy atom. The van der Waals surface area contributed by atoms with Gasteiger partial charge >= 0.3 is 0 Å². The fraction of sp³-hybridized carbons (Fsp3) is 0.333. The van der Waals surface area contributed by atoms with E-state index in [4.69, 9.17) is 9.47 Å². The summed E-state index contributed by atoms with van der Waals surface area (Å²) in [6.45, 7) is 0. The zero-order chi connectivity index (χ0) is 14.3.